The number of halogens is 1. The molecule has 0 fully saturated rings. The molecular weight excluding hydrogens is 270 g/mol. The minimum atomic E-state index is 0.738. The Labute approximate surface area is 125 Å². The lowest BCUT2D eigenvalue weighted by Gasteiger charge is -2.13. The summed E-state index contributed by atoms with van der Waals surface area (Å²) in [5.41, 5.74) is 3.40. The number of hydrogen-bond acceptors (Lipinski definition) is 2. The molecule has 0 aliphatic rings. The van der Waals surface area contributed by atoms with E-state index in [1.165, 1.54) is 0 Å². The fourth-order valence-corrected chi connectivity index (χ4v) is 2.25. The molecule has 0 bridgehead atoms. The quantitative estimate of drug-likeness (QED) is 0.803. The maximum Gasteiger partial charge on any atom is 0.124 e. The Morgan fingerprint density at radius 3 is 2.70 bits per heavy atom. The highest BCUT2D eigenvalue weighted by atomic mass is 35.5. The van der Waals surface area contributed by atoms with Crippen molar-refractivity contribution in [3.8, 4) is 5.75 Å². The standard InChI is InChI=1S/C17H20ClNO/c1-3-10-20-17-7-5-4-6-14(17)12-19-16-9-8-15(18)11-13(16)2/h4-9,11,19H,3,10,12H2,1-2H3. The van der Waals surface area contributed by atoms with E-state index in [1.807, 2.05) is 43.3 Å². The second-order valence-electron chi connectivity index (χ2n) is 4.77. The van der Waals surface area contributed by atoms with Crippen molar-refractivity contribution >= 4 is 17.3 Å². The molecule has 0 saturated carbocycles. The fraction of sp³-hybridized carbons (Fsp3) is 0.294. The van der Waals surface area contributed by atoms with Crippen LogP contribution in [-0.2, 0) is 6.54 Å². The van der Waals surface area contributed by atoms with Gasteiger partial charge in [0, 0.05) is 22.8 Å². The van der Waals surface area contributed by atoms with Crippen molar-refractivity contribution in [2.45, 2.75) is 26.8 Å². The van der Waals surface area contributed by atoms with Gasteiger partial charge in [-0.2, -0.15) is 0 Å². The Morgan fingerprint density at radius 2 is 1.95 bits per heavy atom. The molecule has 0 spiro atoms. The van der Waals surface area contributed by atoms with Crippen LogP contribution in [0.5, 0.6) is 5.75 Å². The third-order valence-corrected chi connectivity index (χ3v) is 3.33. The van der Waals surface area contributed by atoms with Gasteiger partial charge in [-0.1, -0.05) is 36.7 Å². The zero-order valence-electron chi connectivity index (χ0n) is 11.9. The summed E-state index contributed by atoms with van der Waals surface area (Å²) in [6.45, 7) is 5.64. The van der Waals surface area contributed by atoms with Gasteiger partial charge in [0.1, 0.15) is 5.75 Å². The number of ether oxygens (including phenoxy) is 1. The molecule has 2 aromatic carbocycles. The summed E-state index contributed by atoms with van der Waals surface area (Å²) < 4.78 is 5.76. The number of hydrogen-bond donors (Lipinski definition) is 1. The highest BCUT2D eigenvalue weighted by Gasteiger charge is 2.04. The van der Waals surface area contributed by atoms with Gasteiger partial charge < -0.3 is 10.1 Å². The summed E-state index contributed by atoms with van der Waals surface area (Å²) in [7, 11) is 0. The lowest BCUT2D eigenvalue weighted by atomic mass is 10.1. The zero-order chi connectivity index (χ0) is 14.4. The average molecular weight is 290 g/mol. The van der Waals surface area contributed by atoms with Gasteiger partial charge in [0.25, 0.3) is 0 Å². The largest absolute Gasteiger partial charge is 0.493 e. The molecule has 0 amide bonds. The van der Waals surface area contributed by atoms with Crippen molar-refractivity contribution < 1.29 is 4.74 Å². The molecule has 2 aromatic rings. The summed E-state index contributed by atoms with van der Waals surface area (Å²) in [5, 5.41) is 4.20. The highest BCUT2D eigenvalue weighted by molar-refractivity contribution is 6.30. The molecule has 2 rings (SSSR count). The van der Waals surface area contributed by atoms with Gasteiger partial charge in [-0.3, -0.25) is 0 Å². The minimum absolute atomic E-state index is 0.738. The van der Waals surface area contributed by atoms with E-state index >= 15 is 0 Å². The molecule has 0 saturated heterocycles. The van der Waals surface area contributed by atoms with E-state index in [9.17, 15) is 0 Å². The molecular formula is C17H20ClNO. The summed E-state index contributed by atoms with van der Waals surface area (Å²) in [6, 6.07) is 14.0. The summed E-state index contributed by atoms with van der Waals surface area (Å²) in [4.78, 5) is 0. The lowest BCUT2D eigenvalue weighted by Crippen LogP contribution is -2.04. The molecule has 3 heteroatoms. The molecule has 20 heavy (non-hydrogen) atoms. The number of nitrogens with one attached hydrogen (secondary N) is 1. The molecule has 2 nitrogen and oxygen atoms in total. The zero-order valence-corrected chi connectivity index (χ0v) is 12.7. The molecule has 0 aliphatic heterocycles. The number of rotatable bonds is 6. The number of benzene rings is 2. The summed E-state index contributed by atoms with van der Waals surface area (Å²) >= 11 is 5.97. The first-order valence-corrected chi connectivity index (χ1v) is 7.29. The van der Waals surface area contributed by atoms with Crippen LogP contribution in [-0.4, -0.2) is 6.61 Å². The van der Waals surface area contributed by atoms with Gasteiger partial charge in [0.05, 0.1) is 6.61 Å². The van der Waals surface area contributed by atoms with Gasteiger partial charge in [0.2, 0.25) is 0 Å². The van der Waals surface area contributed by atoms with Crippen molar-refractivity contribution in [3.05, 3.63) is 58.6 Å². The van der Waals surface area contributed by atoms with Gasteiger partial charge in [0.15, 0.2) is 0 Å². The molecule has 0 aliphatic carbocycles. The second kappa shape index (κ2) is 7.20. The Balaban J connectivity index is 2.06. The monoisotopic (exact) mass is 289 g/mol. The molecule has 0 atom stereocenters. The fourth-order valence-electron chi connectivity index (χ4n) is 2.02. The van der Waals surface area contributed by atoms with Crippen LogP contribution in [0.3, 0.4) is 0 Å². The van der Waals surface area contributed by atoms with Crippen LogP contribution in [0.4, 0.5) is 5.69 Å². The van der Waals surface area contributed by atoms with Crippen molar-refractivity contribution in [3.63, 3.8) is 0 Å². The molecule has 0 radical (unpaired) electrons. The Hall–Kier alpha value is -1.67. The van der Waals surface area contributed by atoms with E-state index in [0.717, 1.165) is 47.2 Å². The lowest BCUT2D eigenvalue weighted by molar-refractivity contribution is 0.314. The van der Waals surface area contributed by atoms with Crippen LogP contribution in [0.15, 0.2) is 42.5 Å². The molecule has 106 valence electrons. The van der Waals surface area contributed by atoms with Crippen LogP contribution in [0, 0.1) is 6.92 Å². The van der Waals surface area contributed by atoms with Crippen LogP contribution < -0.4 is 10.1 Å². The third kappa shape index (κ3) is 3.91. The van der Waals surface area contributed by atoms with E-state index in [0.29, 0.717) is 0 Å². The number of anilines is 1. The van der Waals surface area contributed by atoms with Gasteiger partial charge in [-0.05, 0) is 43.2 Å². The minimum Gasteiger partial charge on any atom is -0.493 e. The van der Waals surface area contributed by atoms with Crippen LogP contribution in [0.25, 0.3) is 0 Å². The SMILES string of the molecule is CCCOc1ccccc1CNc1ccc(Cl)cc1C. The van der Waals surface area contributed by atoms with E-state index in [4.69, 9.17) is 16.3 Å². The average Bonchev–Trinajstić information content (AvgIpc) is 2.45. The van der Waals surface area contributed by atoms with Gasteiger partial charge >= 0.3 is 0 Å². The summed E-state index contributed by atoms with van der Waals surface area (Å²) in [6.07, 6.45) is 1.01. The van der Waals surface area contributed by atoms with Gasteiger partial charge in [-0.25, -0.2) is 0 Å². The van der Waals surface area contributed by atoms with E-state index in [2.05, 4.69) is 18.3 Å². The molecule has 0 heterocycles. The predicted octanol–water partition coefficient (Wildman–Crippen LogP) is 5.05. The van der Waals surface area contributed by atoms with E-state index < -0.39 is 0 Å². The topological polar surface area (TPSA) is 21.3 Å². The third-order valence-electron chi connectivity index (χ3n) is 3.09. The van der Waals surface area contributed by atoms with E-state index in [1.54, 1.807) is 0 Å². The normalized spacial score (nSPS) is 10.3. The van der Waals surface area contributed by atoms with Crippen LogP contribution >= 0.6 is 11.6 Å². The summed E-state index contributed by atoms with van der Waals surface area (Å²) in [5.74, 6) is 0.952. The van der Waals surface area contributed by atoms with Crippen LogP contribution in [0.2, 0.25) is 5.02 Å². The van der Waals surface area contributed by atoms with Crippen molar-refractivity contribution in [1.29, 1.82) is 0 Å². The van der Waals surface area contributed by atoms with Crippen molar-refractivity contribution in [1.82, 2.24) is 0 Å². The molecule has 0 aromatic heterocycles. The van der Waals surface area contributed by atoms with Gasteiger partial charge in [-0.15, -0.1) is 0 Å². The number of aryl methyl sites for hydroxylation is 1. The first-order valence-electron chi connectivity index (χ1n) is 6.91. The maximum atomic E-state index is 5.97. The van der Waals surface area contributed by atoms with Crippen molar-refractivity contribution in [2.24, 2.45) is 0 Å². The van der Waals surface area contributed by atoms with E-state index in [-0.39, 0.29) is 0 Å². The second-order valence-corrected chi connectivity index (χ2v) is 5.21. The smallest absolute Gasteiger partial charge is 0.124 e. The Bertz CT molecular complexity index is 569. The van der Waals surface area contributed by atoms with Crippen LogP contribution in [0.1, 0.15) is 24.5 Å². The maximum absolute atomic E-state index is 5.97. The molecule has 0 unspecified atom stereocenters. The number of para-hydroxylation sites is 1. The Kier molecular flexibility index (Phi) is 5.31. The first-order chi connectivity index (χ1) is 9.70. The first kappa shape index (κ1) is 14.7. The Morgan fingerprint density at radius 1 is 1.15 bits per heavy atom. The van der Waals surface area contributed by atoms with Crippen molar-refractivity contribution in [2.75, 3.05) is 11.9 Å². The predicted molar refractivity (Wildman–Crippen MR) is 85.7 cm³/mol. The molecule has 1 N–H and O–H groups in total. The highest BCUT2D eigenvalue weighted by Crippen LogP contribution is 2.23.